The van der Waals surface area contributed by atoms with Gasteiger partial charge in [0.15, 0.2) is 4.47 Å². The summed E-state index contributed by atoms with van der Waals surface area (Å²) in [4.78, 5) is 15.5. The molecule has 4 nitrogen and oxygen atoms in total. The average Bonchev–Trinajstić information content (AvgIpc) is 2.74. The molecule has 1 aliphatic heterocycles. The molecule has 1 fully saturated rings. The second-order valence-electron chi connectivity index (χ2n) is 3.78. The van der Waals surface area contributed by atoms with E-state index in [0.717, 1.165) is 26.1 Å². The molecule has 0 unspecified atom stereocenters. The summed E-state index contributed by atoms with van der Waals surface area (Å²) in [5, 5.41) is 4.51. The minimum Gasteiger partial charge on any atom is -0.381 e. The molecular weight excluding hydrogens is 248 g/mol. The van der Waals surface area contributed by atoms with Crippen LogP contribution in [0.4, 0.5) is 0 Å². The normalized spacial score (nSPS) is 20.7. The lowest BCUT2D eigenvalue weighted by molar-refractivity contribution is 0.0536. The molecule has 0 spiro atoms. The number of rotatable bonds is 3. The first kappa shape index (κ1) is 11.8. The van der Waals surface area contributed by atoms with E-state index in [1.165, 1.54) is 11.3 Å². The molecule has 1 saturated heterocycles. The molecule has 0 aromatic carbocycles. The van der Waals surface area contributed by atoms with Crippen molar-refractivity contribution in [2.24, 2.45) is 5.92 Å². The van der Waals surface area contributed by atoms with E-state index >= 15 is 0 Å². The molecule has 88 valence electrons. The van der Waals surface area contributed by atoms with Crippen molar-refractivity contribution >= 4 is 28.8 Å². The monoisotopic (exact) mass is 260 g/mol. The summed E-state index contributed by atoms with van der Waals surface area (Å²) in [6.45, 7) is 2.22. The van der Waals surface area contributed by atoms with Gasteiger partial charge in [-0.05, 0) is 18.8 Å². The lowest BCUT2D eigenvalue weighted by Crippen LogP contribution is -2.33. The number of ether oxygens (including phenoxy) is 1. The number of nitrogens with zero attached hydrogens (tertiary/aromatic N) is 1. The number of aromatic nitrogens is 1. The zero-order chi connectivity index (χ0) is 11.4. The topological polar surface area (TPSA) is 51.2 Å². The lowest BCUT2D eigenvalue weighted by atomic mass is 10.0. The molecule has 2 heterocycles. The van der Waals surface area contributed by atoms with Crippen LogP contribution in [0.2, 0.25) is 4.47 Å². The minimum atomic E-state index is -0.159. The maximum atomic E-state index is 11.6. The van der Waals surface area contributed by atoms with Gasteiger partial charge in [-0.2, -0.15) is 0 Å². The number of nitrogens with one attached hydrogen (secondary N) is 1. The molecular formula is C10H13ClN2O2S. The van der Waals surface area contributed by atoms with E-state index in [-0.39, 0.29) is 5.91 Å². The molecule has 1 atom stereocenters. The minimum absolute atomic E-state index is 0.159. The van der Waals surface area contributed by atoms with Crippen LogP contribution in [0.5, 0.6) is 0 Å². The molecule has 1 N–H and O–H groups in total. The summed E-state index contributed by atoms with van der Waals surface area (Å²) >= 11 is 6.92. The fraction of sp³-hybridized carbons (Fsp3) is 0.600. The van der Waals surface area contributed by atoms with E-state index in [9.17, 15) is 4.79 Å². The largest absolute Gasteiger partial charge is 0.381 e. The van der Waals surface area contributed by atoms with Crippen molar-refractivity contribution in [2.75, 3.05) is 19.8 Å². The third-order valence-corrected chi connectivity index (χ3v) is 3.49. The van der Waals surface area contributed by atoms with Gasteiger partial charge < -0.3 is 10.1 Å². The zero-order valence-electron chi connectivity index (χ0n) is 8.74. The van der Waals surface area contributed by atoms with Gasteiger partial charge in [-0.3, -0.25) is 4.79 Å². The van der Waals surface area contributed by atoms with Crippen LogP contribution in [-0.4, -0.2) is 30.6 Å². The van der Waals surface area contributed by atoms with Crippen LogP contribution in [0.25, 0.3) is 0 Å². The summed E-state index contributed by atoms with van der Waals surface area (Å²) in [6, 6.07) is 0. The van der Waals surface area contributed by atoms with Crippen molar-refractivity contribution < 1.29 is 9.53 Å². The van der Waals surface area contributed by atoms with E-state index in [0.29, 0.717) is 22.6 Å². The van der Waals surface area contributed by atoms with Gasteiger partial charge in [-0.25, -0.2) is 4.98 Å². The van der Waals surface area contributed by atoms with E-state index in [1.54, 1.807) is 5.38 Å². The second-order valence-corrected chi connectivity index (χ2v) is 5.22. The van der Waals surface area contributed by atoms with Crippen LogP contribution in [0.3, 0.4) is 0 Å². The van der Waals surface area contributed by atoms with E-state index in [1.807, 2.05) is 0 Å². The predicted molar refractivity (Wildman–Crippen MR) is 63.0 cm³/mol. The molecule has 0 radical (unpaired) electrons. The second kappa shape index (κ2) is 5.61. The number of halogens is 1. The Hall–Kier alpha value is -0.650. The van der Waals surface area contributed by atoms with Gasteiger partial charge in [0.05, 0.1) is 6.61 Å². The Bertz CT molecular complexity index is 363. The van der Waals surface area contributed by atoms with Crippen LogP contribution < -0.4 is 5.32 Å². The van der Waals surface area contributed by atoms with Gasteiger partial charge in [-0.15, -0.1) is 11.3 Å². The fourth-order valence-electron chi connectivity index (χ4n) is 1.65. The third kappa shape index (κ3) is 3.17. The van der Waals surface area contributed by atoms with E-state index in [4.69, 9.17) is 16.3 Å². The lowest BCUT2D eigenvalue weighted by Gasteiger charge is -2.21. The summed E-state index contributed by atoms with van der Waals surface area (Å²) in [5.74, 6) is 0.264. The molecule has 1 aromatic heterocycles. The first-order valence-electron chi connectivity index (χ1n) is 5.22. The smallest absolute Gasteiger partial charge is 0.270 e. The highest BCUT2D eigenvalue weighted by Gasteiger charge is 2.16. The number of carbonyl (C=O) groups is 1. The molecule has 1 aliphatic rings. The average molecular weight is 261 g/mol. The molecule has 1 amide bonds. The number of hydrogen-bond acceptors (Lipinski definition) is 4. The highest BCUT2D eigenvalue weighted by atomic mass is 35.5. The molecule has 6 heteroatoms. The quantitative estimate of drug-likeness (QED) is 0.904. The molecule has 0 aliphatic carbocycles. The van der Waals surface area contributed by atoms with Crippen molar-refractivity contribution in [1.82, 2.24) is 10.3 Å². The maximum absolute atomic E-state index is 11.6. The Balaban J connectivity index is 1.79. The van der Waals surface area contributed by atoms with Crippen molar-refractivity contribution in [1.29, 1.82) is 0 Å². The highest BCUT2D eigenvalue weighted by Crippen LogP contribution is 2.15. The Morgan fingerprint density at radius 1 is 1.75 bits per heavy atom. The predicted octanol–water partition coefficient (Wildman–Crippen LogP) is 1.95. The fourth-order valence-corrected chi connectivity index (χ4v) is 2.40. The molecule has 2 rings (SSSR count). The Kier molecular flexibility index (Phi) is 4.15. The van der Waals surface area contributed by atoms with Crippen molar-refractivity contribution in [3.8, 4) is 0 Å². The summed E-state index contributed by atoms with van der Waals surface area (Å²) in [6.07, 6.45) is 2.18. The van der Waals surface area contributed by atoms with E-state index in [2.05, 4.69) is 10.3 Å². The SMILES string of the molecule is O=C(NC[C@H]1CCCOC1)c1csc(Cl)n1. The van der Waals surface area contributed by atoms with Crippen LogP contribution in [0, 0.1) is 5.92 Å². The number of carbonyl (C=O) groups excluding carboxylic acids is 1. The molecule has 0 saturated carbocycles. The first-order chi connectivity index (χ1) is 7.75. The molecule has 0 bridgehead atoms. The van der Waals surface area contributed by atoms with Gasteiger partial charge in [0.1, 0.15) is 5.69 Å². The van der Waals surface area contributed by atoms with Gasteiger partial charge in [0.25, 0.3) is 5.91 Å². The summed E-state index contributed by atoms with van der Waals surface area (Å²) < 4.78 is 5.73. The van der Waals surface area contributed by atoms with Crippen LogP contribution in [0.1, 0.15) is 23.3 Å². The van der Waals surface area contributed by atoms with Crippen molar-refractivity contribution in [3.05, 3.63) is 15.5 Å². The number of amides is 1. The van der Waals surface area contributed by atoms with Crippen LogP contribution in [-0.2, 0) is 4.74 Å². The van der Waals surface area contributed by atoms with Crippen LogP contribution >= 0.6 is 22.9 Å². The van der Waals surface area contributed by atoms with Crippen molar-refractivity contribution in [3.63, 3.8) is 0 Å². The first-order valence-corrected chi connectivity index (χ1v) is 6.48. The highest BCUT2D eigenvalue weighted by molar-refractivity contribution is 7.14. The summed E-state index contributed by atoms with van der Waals surface area (Å²) in [5.41, 5.74) is 0.395. The number of thiazole rings is 1. The van der Waals surface area contributed by atoms with Gasteiger partial charge in [0, 0.05) is 18.5 Å². The van der Waals surface area contributed by atoms with Gasteiger partial charge >= 0.3 is 0 Å². The standard InChI is InChI=1S/C10H13ClN2O2S/c11-10-13-8(6-16-10)9(14)12-4-7-2-1-3-15-5-7/h6-7H,1-5H2,(H,12,14)/t7-/m1/s1. The van der Waals surface area contributed by atoms with Crippen molar-refractivity contribution in [2.45, 2.75) is 12.8 Å². The molecule has 1 aromatic rings. The zero-order valence-corrected chi connectivity index (χ0v) is 10.3. The Morgan fingerprint density at radius 3 is 3.25 bits per heavy atom. The number of hydrogen-bond donors (Lipinski definition) is 1. The Morgan fingerprint density at radius 2 is 2.62 bits per heavy atom. The maximum Gasteiger partial charge on any atom is 0.270 e. The van der Waals surface area contributed by atoms with Gasteiger partial charge in [0.2, 0.25) is 0 Å². The Labute approximate surface area is 103 Å². The molecule has 16 heavy (non-hydrogen) atoms. The third-order valence-electron chi connectivity index (χ3n) is 2.51. The van der Waals surface area contributed by atoms with Crippen LogP contribution in [0.15, 0.2) is 5.38 Å². The summed E-state index contributed by atoms with van der Waals surface area (Å²) in [7, 11) is 0. The van der Waals surface area contributed by atoms with E-state index < -0.39 is 0 Å². The van der Waals surface area contributed by atoms with Gasteiger partial charge in [-0.1, -0.05) is 11.6 Å².